The molecule has 0 amide bonds. The molecule has 2 unspecified atom stereocenters. The van der Waals surface area contributed by atoms with Crippen molar-refractivity contribution in [3.05, 3.63) is 11.5 Å². The number of aliphatic hydroxyl groups excluding tert-OH is 6. The normalized spacial score (nSPS) is 32.7. The molecule has 2 aliphatic heterocycles. The van der Waals surface area contributed by atoms with Crippen molar-refractivity contribution in [3.8, 4) is 0 Å². The second-order valence-corrected chi connectivity index (χ2v) is 7.06. The van der Waals surface area contributed by atoms with Crippen molar-refractivity contribution >= 4 is 11.9 Å². The van der Waals surface area contributed by atoms with Crippen LogP contribution >= 0.6 is 0 Å². The summed E-state index contributed by atoms with van der Waals surface area (Å²) >= 11 is 0. The van der Waals surface area contributed by atoms with E-state index in [1.807, 2.05) is 6.92 Å². The van der Waals surface area contributed by atoms with E-state index in [1.54, 1.807) is 0 Å². The zero-order chi connectivity index (χ0) is 22.4. The van der Waals surface area contributed by atoms with Crippen LogP contribution in [0.15, 0.2) is 11.5 Å². The van der Waals surface area contributed by atoms with Gasteiger partial charge in [-0.15, -0.1) is 0 Å². The van der Waals surface area contributed by atoms with Gasteiger partial charge < -0.3 is 49.6 Å². The van der Waals surface area contributed by atoms with E-state index in [2.05, 4.69) is 0 Å². The third-order valence-corrected chi connectivity index (χ3v) is 4.75. The maximum atomic E-state index is 12.0. The number of cyclic esters (lactones) is 1. The number of carbonyl (C=O) groups is 2. The molecular formula is C18H28O12. The summed E-state index contributed by atoms with van der Waals surface area (Å²) < 4.78 is 19.9. The SMILES string of the molecule is CCCCCC(=O)OC[C@H](O)[C@H]1OC(=O)C(O[C@@H]2OC(CO)[C@@H](O)C(O)[C@@H]2O)=C1O. The van der Waals surface area contributed by atoms with Gasteiger partial charge in [0.15, 0.2) is 11.9 Å². The summed E-state index contributed by atoms with van der Waals surface area (Å²) in [5.74, 6) is -3.36. The van der Waals surface area contributed by atoms with E-state index in [4.69, 9.17) is 18.9 Å². The van der Waals surface area contributed by atoms with Crippen LogP contribution in [-0.4, -0.2) is 98.7 Å². The first-order valence-corrected chi connectivity index (χ1v) is 9.66. The standard InChI is InChI=1S/C18H28O12/c1-2-3-4-5-10(21)27-7-8(20)15-14(25)16(17(26)29-15)30-18-13(24)12(23)11(22)9(6-19)28-18/h8-9,11-13,15,18-20,22-25H,2-7H2,1H3/t8-,9?,11+,12?,13-,15+,18-/m0/s1. The Hall–Kier alpha value is -1.96. The Morgan fingerprint density at radius 2 is 1.87 bits per heavy atom. The van der Waals surface area contributed by atoms with Gasteiger partial charge in [-0.25, -0.2) is 4.79 Å². The summed E-state index contributed by atoms with van der Waals surface area (Å²) in [7, 11) is 0. The highest BCUT2D eigenvalue weighted by Gasteiger charge is 2.48. The van der Waals surface area contributed by atoms with Crippen molar-refractivity contribution in [2.75, 3.05) is 13.2 Å². The Bertz CT molecular complexity index is 633. The van der Waals surface area contributed by atoms with Gasteiger partial charge in [-0.1, -0.05) is 19.8 Å². The molecule has 172 valence electrons. The van der Waals surface area contributed by atoms with E-state index in [0.29, 0.717) is 6.42 Å². The van der Waals surface area contributed by atoms with Crippen molar-refractivity contribution in [3.63, 3.8) is 0 Å². The summed E-state index contributed by atoms with van der Waals surface area (Å²) in [6.07, 6.45) is -8.82. The minimum absolute atomic E-state index is 0.165. The van der Waals surface area contributed by atoms with Crippen LogP contribution in [0.3, 0.4) is 0 Å². The van der Waals surface area contributed by atoms with Gasteiger partial charge in [0.25, 0.3) is 0 Å². The Balaban J connectivity index is 1.98. The molecule has 12 heteroatoms. The van der Waals surface area contributed by atoms with Crippen LogP contribution in [0, 0.1) is 0 Å². The molecule has 0 aromatic rings. The highest BCUT2D eigenvalue weighted by Crippen LogP contribution is 2.29. The number of carbonyl (C=O) groups excluding carboxylic acids is 2. The molecule has 0 radical (unpaired) electrons. The zero-order valence-corrected chi connectivity index (χ0v) is 16.4. The highest BCUT2D eigenvalue weighted by molar-refractivity contribution is 5.89. The summed E-state index contributed by atoms with van der Waals surface area (Å²) in [6, 6.07) is 0. The van der Waals surface area contributed by atoms with Gasteiger partial charge in [-0.2, -0.15) is 0 Å². The van der Waals surface area contributed by atoms with E-state index < -0.39 is 79.6 Å². The summed E-state index contributed by atoms with van der Waals surface area (Å²) in [4.78, 5) is 23.6. The van der Waals surface area contributed by atoms with Gasteiger partial charge in [0.05, 0.1) is 6.61 Å². The van der Waals surface area contributed by atoms with Crippen LogP contribution in [0.4, 0.5) is 0 Å². The predicted molar refractivity (Wildman–Crippen MR) is 95.5 cm³/mol. The van der Waals surface area contributed by atoms with Crippen LogP contribution in [0.1, 0.15) is 32.6 Å². The van der Waals surface area contributed by atoms with Gasteiger partial charge in [0, 0.05) is 6.42 Å². The molecule has 0 saturated carbocycles. The minimum atomic E-state index is -1.82. The molecule has 6 N–H and O–H groups in total. The average Bonchev–Trinajstić information content (AvgIpc) is 3.00. The third kappa shape index (κ3) is 5.59. The lowest BCUT2D eigenvalue weighted by molar-refractivity contribution is -0.291. The average molecular weight is 436 g/mol. The lowest BCUT2D eigenvalue weighted by Gasteiger charge is -2.39. The van der Waals surface area contributed by atoms with Crippen molar-refractivity contribution < 1.29 is 59.2 Å². The van der Waals surface area contributed by atoms with E-state index >= 15 is 0 Å². The molecule has 0 aromatic heterocycles. The fraction of sp³-hybridized carbons (Fsp3) is 0.778. The van der Waals surface area contributed by atoms with E-state index in [1.165, 1.54) is 0 Å². The maximum absolute atomic E-state index is 12.0. The molecule has 0 aromatic carbocycles. The number of rotatable bonds is 10. The first kappa shape index (κ1) is 24.3. The van der Waals surface area contributed by atoms with Crippen molar-refractivity contribution in [1.82, 2.24) is 0 Å². The lowest BCUT2D eigenvalue weighted by atomic mass is 9.99. The molecule has 1 fully saturated rings. The molecule has 2 heterocycles. The van der Waals surface area contributed by atoms with Gasteiger partial charge in [-0.3, -0.25) is 4.79 Å². The Morgan fingerprint density at radius 3 is 2.50 bits per heavy atom. The second-order valence-electron chi connectivity index (χ2n) is 7.06. The molecule has 0 bridgehead atoms. The van der Waals surface area contributed by atoms with Crippen LogP contribution in [-0.2, 0) is 28.5 Å². The molecule has 7 atom stereocenters. The number of hydrogen-bond donors (Lipinski definition) is 6. The lowest BCUT2D eigenvalue weighted by Crippen LogP contribution is -2.59. The number of aliphatic hydroxyl groups is 6. The molecule has 2 rings (SSSR count). The Kier molecular flexibility index (Phi) is 8.82. The van der Waals surface area contributed by atoms with Crippen LogP contribution < -0.4 is 0 Å². The fourth-order valence-electron chi connectivity index (χ4n) is 2.97. The summed E-state index contributed by atoms with van der Waals surface area (Å²) in [5.41, 5.74) is 0. The predicted octanol–water partition coefficient (Wildman–Crippen LogP) is -2.02. The van der Waals surface area contributed by atoms with Crippen LogP contribution in [0.2, 0.25) is 0 Å². The molecule has 0 spiro atoms. The molecule has 1 saturated heterocycles. The van der Waals surface area contributed by atoms with E-state index in [0.717, 1.165) is 12.8 Å². The van der Waals surface area contributed by atoms with Crippen molar-refractivity contribution in [2.45, 2.75) is 75.5 Å². The number of ether oxygens (including phenoxy) is 4. The quantitative estimate of drug-likeness (QED) is 0.163. The zero-order valence-electron chi connectivity index (χ0n) is 16.4. The summed E-state index contributed by atoms with van der Waals surface area (Å²) in [5, 5.41) is 58.9. The molecule has 2 aliphatic rings. The number of unbranched alkanes of at least 4 members (excludes halogenated alkanes) is 2. The van der Waals surface area contributed by atoms with Gasteiger partial charge >= 0.3 is 11.9 Å². The largest absolute Gasteiger partial charge is 0.505 e. The van der Waals surface area contributed by atoms with Crippen LogP contribution in [0.25, 0.3) is 0 Å². The Morgan fingerprint density at radius 1 is 1.17 bits per heavy atom. The maximum Gasteiger partial charge on any atom is 0.378 e. The van der Waals surface area contributed by atoms with E-state index in [-0.39, 0.29) is 6.42 Å². The van der Waals surface area contributed by atoms with Gasteiger partial charge in [-0.05, 0) is 6.42 Å². The highest BCUT2D eigenvalue weighted by atomic mass is 16.7. The molecule has 12 nitrogen and oxygen atoms in total. The number of hydrogen-bond acceptors (Lipinski definition) is 12. The van der Waals surface area contributed by atoms with Gasteiger partial charge in [0.2, 0.25) is 12.0 Å². The van der Waals surface area contributed by atoms with E-state index in [9.17, 15) is 40.2 Å². The second kappa shape index (κ2) is 10.9. The van der Waals surface area contributed by atoms with Crippen molar-refractivity contribution in [1.29, 1.82) is 0 Å². The van der Waals surface area contributed by atoms with Crippen molar-refractivity contribution in [2.24, 2.45) is 0 Å². The van der Waals surface area contributed by atoms with Crippen LogP contribution in [0.5, 0.6) is 0 Å². The summed E-state index contributed by atoms with van der Waals surface area (Å²) in [6.45, 7) is 0.716. The Labute approximate surface area is 172 Å². The molecule has 0 aliphatic carbocycles. The third-order valence-electron chi connectivity index (χ3n) is 4.75. The number of esters is 2. The first-order chi connectivity index (χ1) is 14.2. The monoisotopic (exact) mass is 436 g/mol. The smallest absolute Gasteiger partial charge is 0.378 e. The minimum Gasteiger partial charge on any atom is -0.505 e. The first-order valence-electron chi connectivity index (χ1n) is 9.66. The molecular weight excluding hydrogens is 408 g/mol. The molecule has 30 heavy (non-hydrogen) atoms. The topological polar surface area (TPSA) is 192 Å². The van der Waals surface area contributed by atoms with Gasteiger partial charge in [0.1, 0.15) is 37.1 Å². The fourth-order valence-corrected chi connectivity index (χ4v) is 2.97.